The van der Waals surface area contributed by atoms with Gasteiger partial charge in [0, 0.05) is 19.3 Å². The number of nitrogens with one attached hydrogen (secondary N) is 1. The quantitative estimate of drug-likeness (QED) is 0.740. The molecule has 4 nitrogen and oxygen atoms in total. The Balaban J connectivity index is 2.51. The smallest absolute Gasteiger partial charge is 0.323 e. The lowest BCUT2D eigenvalue weighted by Crippen LogP contribution is -2.38. The number of hydrogen-bond donors (Lipinski definition) is 1. The Bertz CT molecular complexity index is 403. The molecule has 0 saturated carbocycles. The number of carbonyl (C=O) groups is 1. The van der Waals surface area contributed by atoms with Crippen LogP contribution in [0.3, 0.4) is 0 Å². The van der Waals surface area contributed by atoms with Gasteiger partial charge in [-0.25, -0.2) is 0 Å². The maximum absolute atomic E-state index is 11.7. The second-order valence-electron chi connectivity index (χ2n) is 4.82. The summed E-state index contributed by atoms with van der Waals surface area (Å²) in [5.74, 6) is -0.176. The standard InChI is InChI=1S/C16H26N2O2/c1-5-13-7-9-14(10-8-13)18(4)12-11-15(17-3)16(19)20-6-2/h7-10,15,17H,5-6,11-12H2,1-4H3. The molecule has 1 atom stereocenters. The molecule has 0 aliphatic heterocycles. The van der Waals surface area contributed by atoms with Gasteiger partial charge in [-0.2, -0.15) is 0 Å². The summed E-state index contributed by atoms with van der Waals surface area (Å²) in [6, 6.07) is 8.29. The minimum Gasteiger partial charge on any atom is -0.465 e. The van der Waals surface area contributed by atoms with Crippen LogP contribution < -0.4 is 10.2 Å². The van der Waals surface area contributed by atoms with Crippen LogP contribution in [0.15, 0.2) is 24.3 Å². The first kappa shape index (κ1) is 16.5. The van der Waals surface area contributed by atoms with Crippen molar-refractivity contribution in [2.24, 2.45) is 0 Å². The lowest BCUT2D eigenvalue weighted by atomic mass is 10.1. The Kier molecular flexibility index (Phi) is 7.09. The van der Waals surface area contributed by atoms with Crippen LogP contribution >= 0.6 is 0 Å². The molecule has 0 amide bonds. The summed E-state index contributed by atoms with van der Waals surface area (Å²) in [4.78, 5) is 13.9. The molecule has 0 aliphatic rings. The van der Waals surface area contributed by atoms with Crippen molar-refractivity contribution in [2.75, 3.05) is 32.1 Å². The summed E-state index contributed by atoms with van der Waals surface area (Å²) in [7, 11) is 3.83. The number of likely N-dealkylation sites (N-methyl/N-ethyl adjacent to an activating group) is 1. The summed E-state index contributed by atoms with van der Waals surface area (Å²) >= 11 is 0. The molecule has 1 unspecified atom stereocenters. The Morgan fingerprint density at radius 1 is 1.30 bits per heavy atom. The van der Waals surface area contributed by atoms with Gasteiger partial charge in [-0.3, -0.25) is 4.79 Å². The minimum absolute atomic E-state index is 0.176. The van der Waals surface area contributed by atoms with Gasteiger partial charge in [-0.15, -0.1) is 0 Å². The van der Waals surface area contributed by atoms with Crippen molar-refractivity contribution < 1.29 is 9.53 Å². The first-order valence-electron chi connectivity index (χ1n) is 7.26. The molecule has 0 bridgehead atoms. The number of esters is 1. The molecule has 20 heavy (non-hydrogen) atoms. The van der Waals surface area contributed by atoms with Gasteiger partial charge in [-0.05, 0) is 44.5 Å². The first-order valence-corrected chi connectivity index (χ1v) is 7.26. The molecular weight excluding hydrogens is 252 g/mol. The van der Waals surface area contributed by atoms with E-state index in [0.717, 1.165) is 19.4 Å². The van der Waals surface area contributed by atoms with Crippen molar-refractivity contribution >= 4 is 11.7 Å². The Morgan fingerprint density at radius 3 is 2.45 bits per heavy atom. The van der Waals surface area contributed by atoms with Crippen LogP contribution in [0, 0.1) is 0 Å². The molecule has 1 N–H and O–H groups in total. The maximum atomic E-state index is 11.7. The summed E-state index contributed by atoms with van der Waals surface area (Å²) in [5.41, 5.74) is 2.50. The average Bonchev–Trinajstić information content (AvgIpc) is 2.48. The fourth-order valence-corrected chi connectivity index (χ4v) is 2.06. The van der Waals surface area contributed by atoms with Crippen molar-refractivity contribution in [2.45, 2.75) is 32.7 Å². The number of anilines is 1. The average molecular weight is 278 g/mol. The van der Waals surface area contributed by atoms with Gasteiger partial charge >= 0.3 is 5.97 Å². The van der Waals surface area contributed by atoms with Crippen molar-refractivity contribution in [1.29, 1.82) is 0 Å². The third-order valence-corrected chi connectivity index (χ3v) is 3.46. The molecule has 4 heteroatoms. The molecule has 0 saturated heterocycles. The van der Waals surface area contributed by atoms with E-state index >= 15 is 0 Å². The normalized spacial score (nSPS) is 12.0. The van der Waals surface area contributed by atoms with Crippen molar-refractivity contribution in [3.63, 3.8) is 0 Å². The summed E-state index contributed by atoms with van der Waals surface area (Å²) in [6.07, 6.45) is 1.77. The van der Waals surface area contributed by atoms with Gasteiger partial charge in [0.2, 0.25) is 0 Å². The molecule has 1 aromatic carbocycles. The summed E-state index contributed by atoms with van der Waals surface area (Å²) < 4.78 is 5.04. The number of nitrogens with zero attached hydrogens (tertiary/aromatic N) is 1. The Morgan fingerprint density at radius 2 is 1.95 bits per heavy atom. The molecule has 0 radical (unpaired) electrons. The van der Waals surface area contributed by atoms with Gasteiger partial charge in [0.25, 0.3) is 0 Å². The van der Waals surface area contributed by atoms with E-state index in [1.165, 1.54) is 11.3 Å². The van der Waals surface area contributed by atoms with E-state index in [4.69, 9.17) is 4.74 Å². The second-order valence-corrected chi connectivity index (χ2v) is 4.82. The zero-order valence-corrected chi connectivity index (χ0v) is 13.0. The van der Waals surface area contributed by atoms with Gasteiger partial charge in [0.15, 0.2) is 0 Å². The maximum Gasteiger partial charge on any atom is 0.323 e. The van der Waals surface area contributed by atoms with E-state index in [1.54, 1.807) is 7.05 Å². The predicted octanol–water partition coefficient (Wildman–Crippen LogP) is 2.23. The van der Waals surface area contributed by atoms with Crippen LogP contribution in [-0.4, -0.2) is 39.3 Å². The fraction of sp³-hybridized carbons (Fsp3) is 0.562. The molecule has 0 fully saturated rings. The van der Waals surface area contributed by atoms with Crippen LogP contribution in [0.5, 0.6) is 0 Å². The lowest BCUT2D eigenvalue weighted by molar-refractivity contribution is -0.145. The van der Waals surface area contributed by atoms with E-state index in [-0.39, 0.29) is 12.0 Å². The molecular formula is C16H26N2O2. The van der Waals surface area contributed by atoms with E-state index in [2.05, 4.69) is 41.4 Å². The highest BCUT2D eigenvalue weighted by molar-refractivity contribution is 5.75. The van der Waals surface area contributed by atoms with Crippen molar-refractivity contribution in [3.8, 4) is 0 Å². The molecule has 1 rings (SSSR count). The van der Waals surface area contributed by atoms with Gasteiger partial charge < -0.3 is 15.0 Å². The van der Waals surface area contributed by atoms with Crippen LogP contribution in [0.2, 0.25) is 0 Å². The Labute approximate surface area is 122 Å². The van der Waals surface area contributed by atoms with E-state index in [9.17, 15) is 4.79 Å². The van der Waals surface area contributed by atoms with Gasteiger partial charge in [-0.1, -0.05) is 19.1 Å². The van der Waals surface area contributed by atoms with Gasteiger partial charge in [0.1, 0.15) is 6.04 Å². The largest absolute Gasteiger partial charge is 0.465 e. The summed E-state index contributed by atoms with van der Waals surface area (Å²) in [5, 5.41) is 3.01. The first-order chi connectivity index (χ1) is 9.62. The number of hydrogen-bond acceptors (Lipinski definition) is 4. The number of ether oxygens (including phenoxy) is 1. The topological polar surface area (TPSA) is 41.6 Å². The second kappa shape index (κ2) is 8.59. The molecule has 0 heterocycles. The predicted molar refractivity (Wildman–Crippen MR) is 83.2 cm³/mol. The number of carbonyl (C=O) groups excluding carboxylic acids is 1. The molecule has 0 aromatic heterocycles. The molecule has 0 spiro atoms. The van der Waals surface area contributed by atoms with Crippen LogP contribution in [0.25, 0.3) is 0 Å². The highest BCUT2D eigenvalue weighted by atomic mass is 16.5. The zero-order valence-electron chi connectivity index (χ0n) is 13.0. The highest BCUT2D eigenvalue weighted by Crippen LogP contribution is 2.14. The van der Waals surface area contributed by atoms with Crippen LogP contribution in [0.1, 0.15) is 25.8 Å². The highest BCUT2D eigenvalue weighted by Gasteiger charge is 2.17. The van der Waals surface area contributed by atoms with E-state index < -0.39 is 0 Å². The third-order valence-electron chi connectivity index (χ3n) is 3.46. The zero-order chi connectivity index (χ0) is 15.0. The van der Waals surface area contributed by atoms with Crippen molar-refractivity contribution in [3.05, 3.63) is 29.8 Å². The van der Waals surface area contributed by atoms with E-state index in [0.29, 0.717) is 6.61 Å². The number of aryl methyl sites for hydroxylation is 1. The number of rotatable bonds is 8. The van der Waals surface area contributed by atoms with E-state index in [1.807, 2.05) is 14.0 Å². The molecule has 1 aromatic rings. The lowest BCUT2D eigenvalue weighted by Gasteiger charge is -2.22. The molecule has 0 aliphatic carbocycles. The SMILES string of the molecule is CCOC(=O)C(CCN(C)c1ccc(CC)cc1)NC. The monoisotopic (exact) mass is 278 g/mol. The summed E-state index contributed by atoms with van der Waals surface area (Å²) in [6.45, 7) is 5.20. The minimum atomic E-state index is -0.243. The number of benzene rings is 1. The Hall–Kier alpha value is -1.55. The fourth-order valence-electron chi connectivity index (χ4n) is 2.06. The van der Waals surface area contributed by atoms with Gasteiger partial charge in [0.05, 0.1) is 6.61 Å². The van der Waals surface area contributed by atoms with Crippen LogP contribution in [0.4, 0.5) is 5.69 Å². The third kappa shape index (κ3) is 4.85. The molecule has 112 valence electrons. The van der Waals surface area contributed by atoms with Crippen molar-refractivity contribution in [1.82, 2.24) is 5.32 Å². The van der Waals surface area contributed by atoms with Crippen LogP contribution in [-0.2, 0) is 16.0 Å².